The van der Waals surface area contributed by atoms with Crippen LogP contribution < -0.4 is 0 Å². The van der Waals surface area contributed by atoms with Crippen LogP contribution in [0.15, 0.2) is 146 Å². The minimum absolute atomic E-state index is 0.866. The van der Waals surface area contributed by atoms with Gasteiger partial charge in [0.05, 0.1) is 27.9 Å². The van der Waals surface area contributed by atoms with Gasteiger partial charge >= 0.3 is 0 Å². The van der Waals surface area contributed by atoms with E-state index in [0.29, 0.717) is 0 Å². The smallest absolute Gasteiger partial charge is 0.146 e. The lowest BCUT2D eigenvalue weighted by molar-refractivity contribution is 0.796. The zero-order chi connectivity index (χ0) is 30.6. The van der Waals surface area contributed by atoms with Crippen LogP contribution in [0.25, 0.3) is 83.4 Å². The molecule has 5 heteroatoms. The van der Waals surface area contributed by atoms with Crippen molar-refractivity contribution in [1.82, 2.24) is 23.9 Å². The van der Waals surface area contributed by atoms with E-state index >= 15 is 0 Å². The minimum atomic E-state index is 0.866. The maximum atomic E-state index is 5.23. The topological polar surface area (TPSA) is 48.0 Å². The van der Waals surface area contributed by atoms with Gasteiger partial charge in [-0.2, -0.15) is 0 Å². The van der Waals surface area contributed by atoms with Crippen LogP contribution in [-0.4, -0.2) is 23.9 Å². The molecule has 4 heterocycles. The number of para-hydroxylation sites is 3. The first kappa shape index (κ1) is 26.3. The van der Waals surface area contributed by atoms with Gasteiger partial charge < -0.3 is 8.97 Å². The molecule has 0 aliphatic carbocycles. The Labute approximate surface area is 266 Å². The second-order valence-corrected chi connectivity index (χ2v) is 11.6. The summed E-state index contributed by atoms with van der Waals surface area (Å²) in [6, 6.07) is 46.7. The largest absolute Gasteiger partial charge is 0.324 e. The summed E-state index contributed by atoms with van der Waals surface area (Å²) < 4.78 is 4.41. The van der Waals surface area contributed by atoms with Crippen LogP contribution >= 0.6 is 0 Å². The summed E-state index contributed by atoms with van der Waals surface area (Å²) in [6.45, 7) is 3.03. The van der Waals surface area contributed by atoms with Crippen molar-refractivity contribution in [3.05, 3.63) is 146 Å². The lowest BCUT2D eigenvalue weighted by Crippen LogP contribution is -1.97. The lowest BCUT2D eigenvalue weighted by atomic mass is 9.97. The molecule has 0 amide bonds. The van der Waals surface area contributed by atoms with E-state index in [0.717, 1.165) is 89.9 Å². The van der Waals surface area contributed by atoms with Crippen molar-refractivity contribution < 1.29 is 0 Å². The first-order valence-corrected chi connectivity index (χ1v) is 15.7. The predicted octanol–water partition coefficient (Wildman–Crippen LogP) is 10.1. The molecular weight excluding hydrogens is 562 g/mol. The van der Waals surface area contributed by atoms with Gasteiger partial charge in [0, 0.05) is 51.8 Å². The first-order chi connectivity index (χ1) is 22.7. The molecule has 218 valence electrons. The second-order valence-electron chi connectivity index (χ2n) is 11.6. The van der Waals surface area contributed by atoms with Crippen LogP contribution in [0, 0.1) is 0 Å². The Hall–Kier alpha value is -6.07. The number of fused-ring (bicyclic) bond motifs is 6. The van der Waals surface area contributed by atoms with E-state index in [4.69, 9.17) is 15.0 Å². The van der Waals surface area contributed by atoms with E-state index in [1.165, 1.54) is 0 Å². The van der Waals surface area contributed by atoms with Crippen molar-refractivity contribution in [3.8, 4) is 45.0 Å². The average molecular weight is 592 g/mol. The number of aromatic nitrogens is 5. The van der Waals surface area contributed by atoms with Gasteiger partial charge in [0.15, 0.2) is 0 Å². The number of imidazole rings is 2. The fourth-order valence-electron chi connectivity index (χ4n) is 6.72. The van der Waals surface area contributed by atoms with Gasteiger partial charge in [-0.3, -0.25) is 0 Å². The van der Waals surface area contributed by atoms with Crippen LogP contribution in [-0.2, 0) is 6.54 Å². The molecule has 9 aromatic rings. The maximum Gasteiger partial charge on any atom is 0.146 e. The fraction of sp³-hybridized carbons (Fsp3) is 0.0488. The van der Waals surface area contributed by atoms with E-state index < -0.39 is 0 Å². The highest BCUT2D eigenvalue weighted by Gasteiger charge is 2.17. The molecule has 4 aromatic heterocycles. The van der Waals surface area contributed by atoms with Gasteiger partial charge in [0.1, 0.15) is 11.5 Å². The fourth-order valence-corrected chi connectivity index (χ4v) is 6.72. The number of rotatable bonds is 5. The van der Waals surface area contributed by atoms with Gasteiger partial charge in [-0.25, -0.2) is 15.0 Å². The second kappa shape index (κ2) is 10.5. The molecule has 5 nitrogen and oxygen atoms in total. The van der Waals surface area contributed by atoms with Gasteiger partial charge in [0.25, 0.3) is 0 Å². The average Bonchev–Trinajstić information content (AvgIpc) is 3.74. The van der Waals surface area contributed by atoms with Gasteiger partial charge in [0.2, 0.25) is 0 Å². The Morgan fingerprint density at radius 2 is 1.26 bits per heavy atom. The molecule has 0 N–H and O–H groups in total. The monoisotopic (exact) mass is 591 g/mol. The third kappa shape index (κ3) is 4.20. The molecular formula is C41H29N5. The van der Waals surface area contributed by atoms with Crippen LogP contribution in [0.2, 0.25) is 0 Å². The van der Waals surface area contributed by atoms with Gasteiger partial charge in [-0.1, -0.05) is 103 Å². The molecule has 5 aromatic carbocycles. The van der Waals surface area contributed by atoms with Crippen molar-refractivity contribution in [2.24, 2.45) is 0 Å². The number of aryl methyl sites for hydroxylation is 1. The predicted molar refractivity (Wildman–Crippen MR) is 189 cm³/mol. The zero-order valence-corrected chi connectivity index (χ0v) is 25.3. The van der Waals surface area contributed by atoms with E-state index in [2.05, 4.69) is 150 Å². The highest BCUT2D eigenvalue weighted by atomic mass is 15.1. The summed E-state index contributed by atoms with van der Waals surface area (Å²) in [5.74, 6) is 0.997. The summed E-state index contributed by atoms with van der Waals surface area (Å²) in [5.41, 5.74) is 11.6. The van der Waals surface area contributed by atoms with Crippen LogP contribution in [0.1, 0.15) is 6.92 Å². The van der Waals surface area contributed by atoms with Crippen LogP contribution in [0.3, 0.4) is 0 Å². The zero-order valence-electron chi connectivity index (χ0n) is 25.3. The third-order valence-electron chi connectivity index (χ3n) is 8.94. The highest BCUT2D eigenvalue weighted by Crippen LogP contribution is 2.37. The van der Waals surface area contributed by atoms with Crippen LogP contribution in [0.5, 0.6) is 0 Å². The number of hydrogen-bond donors (Lipinski definition) is 0. The number of pyridine rings is 2. The minimum Gasteiger partial charge on any atom is -0.324 e. The standard InChI is InChI=1S/C41H29N5/c1-2-46-37-18-9-8-17-35(37)43-40(46)29-21-19-27(20-22-29)30-13-10-14-31(25-30)39-33-23-24-45-26-36(28-11-4-3-5-12-28)44-41(45)38(33)32-15-6-7-16-34(32)42-39/h3-26H,2H2,1H3. The summed E-state index contributed by atoms with van der Waals surface area (Å²) in [6.07, 6.45) is 4.21. The molecule has 0 bridgehead atoms. The quantitative estimate of drug-likeness (QED) is 0.187. The van der Waals surface area contributed by atoms with E-state index in [9.17, 15) is 0 Å². The summed E-state index contributed by atoms with van der Waals surface area (Å²) in [7, 11) is 0. The van der Waals surface area contributed by atoms with Crippen molar-refractivity contribution >= 4 is 38.4 Å². The lowest BCUT2D eigenvalue weighted by Gasteiger charge is -2.12. The number of hydrogen-bond acceptors (Lipinski definition) is 3. The normalized spacial score (nSPS) is 11.7. The first-order valence-electron chi connectivity index (χ1n) is 15.7. The third-order valence-corrected chi connectivity index (χ3v) is 8.94. The molecule has 0 radical (unpaired) electrons. The van der Waals surface area contributed by atoms with E-state index in [1.54, 1.807) is 0 Å². The van der Waals surface area contributed by atoms with Crippen molar-refractivity contribution in [1.29, 1.82) is 0 Å². The Morgan fingerprint density at radius 1 is 0.543 bits per heavy atom. The summed E-state index contributed by atoms with van der Waals surface area (Å²) in [4.78, 5) is 15.3. The summed E-state index contributed by atoms with van der Waals surface area (Å²) >= 11 is 0. The van der Waals surface area contributed by atoms with E-state index in [1.807, 2.05) is 12.1 Å². The molecule has 0 atom stereocenters. The van der Waals surface area contributed by atoms with E-state index in [-0.39, 0.29) is 0 Å². The Kier molecular flexibility index (Phi) is 6.03. The molecule has 0 fully saturated rings. The van der Waals surface area contributed by atoms with Gasteiger partial charge in [-0.05, 0) is 48.4 Å². The van der Waals surface area contributed by atoms with Crippen molar-refractivity contribution in [2.75, 3.05) is 0 Å². The Morgan fingerprint density at radius 3 is 2.11 bits per heavy atom. The molecule has 0 aliphatic rings. The molecule has 0 spiro atoms. The highest BCUT2D eigenvalue weighted by molar-refractivity contribution is 6.16. The molecule has 46 heavy (non-hydrogen) atoms. The molecule has 0 saturated carbocycles. The van der Waals surface area contributed by atoms with Gasteiger partial charge in [-0.15, -0.1) is 0 Å². The maximum absolute atomic E-state index is 5.23. The van der Waals surface area contributed by atoms with Crippen LogP contribution in [0.4, 0.5) is 0 Å². The molecule has 9 rings (SSSR count). The van der Waals surface area contributed by atoms with Crippen molar-refractivity contribution in [3.63, 3.8) is 0 Å². The Bertz CT molecular complexity index is 2560. The molecule has 0 saturated heterocycles. The number of benzene rings is 5. The summed E-state index contributed by atoms with van der Waals surface area (Å²) in [5, 5.41) is 3.29. The number of nitrogens with zero attached hydrogens (tertiary/aromatic N) is 5. The molecule has 0 unspecified atom stereocenters. The molecule has 0 aliphatic heterocycles. The SMILES string of the molecule is CCn1c(-c2ccc(-c3cccc(-c4nc5ccccc5c5c4ccn4cc(-c6ccccc6)nc54)c3)cc2)nc2ccccc21. The van der Waals surface area contributed by atoms with Crippen molar-refractivity contribution in [2.45, 2.75) is 13.5 Å². The Balaban J connectivity index is 1.16.